The smallest absolute Gasteiger partial charge is 0.339 e. The van der Waals surface area contributed by atoms with E-state index in [0.29, 0.717) is 0 Å². The lowest BCUT2D eigenvalue weighted by molar-refractivity contribution is -0.384. The van der Waals surface area contributed by atoms with Gasteiger partial charge in [0.05, 0.1) is 16.3 Å². The molecule has 0 unspecified atom stereocenters. The van der Waals surface area contributed by atoms with Gasteiger partial charge in [0.25, 0.3) is 5.69 Å². The summed E-state index contributed by atoms with van der Waals surface area (Å²) in [7, 11) is 1.75. The molecule has 1 N–H and O–H groups in total. The Bertz CT molecular complexity index is 708. The number of aromatic nitrogens is 2. The van der Waals surface area contributed by atoms with Crippen molar-refractivity contribution in [2.45, 2.75) is 13.5 Å². The maximum Gasteiger partial charge on any atom is 0.339 e. The van der Waals surface area contributed by atoms with Crippen LogP contribution in [-0.4, -0.2) is 25.8 Å². The van der Waals surface area contributed by atoms with Crippen molar-refractivity contribution in [1.82, 2.24) is 9.78 Å². The van der Waals surface area contributed by atoms with Crippen LogP contribution in [0.2, 0.25) is 0 Å². The average molecular weight is 291 g/mol. The fourth-order valence-corrected chi connectivity index (χ4v) is 1.88. The quantitative estimate of drug-likeness (QED) is 0.666. The van der Waals surface area contributed by atoms with Gasteiger partial charge in [0.15, 0.2) is 0 Å². The van der Waals surface area contributed by atoms with E-state index in [-0.39, 0.29) is 23.6 Å². The second-order valence-corrected chi connectivity index (χ2v) is 4.43. The van der Waals surface area contributed by atoms with Crippen LogP contribution >= 0.6 is 0 Å². The summed E-state index contributed by atoms with van der Waals surface area (Å²) in [6.45, 7) is 1.95. The summed E-state index contributed by atoms with van der Waals surface area (Å²) in [6, 6.07) is 5.28. The van der Waals surface area contributed by atoms with Crippen molar-refractivity contribution in [3.05, 3.63) is 51.3 Å². The molecule has 2 aromatic rings. The second kappa shape index (κ2) is 5.61. The van der Waals surface area contributed by atoms with Crippen molar-refractivity contribution in [2.75, 3.05) is 0 Å². The molecule has 0 amide bonds. The third kappa shape index (κ3) is 3.16. The number of carboxylic acid groups (broad SMARTS) is 1. The minimum atomic E-state index is -1.28. The summed E-state index contributed by atoms with van der Waals surface area (Å²) >= 11 is 0. The molecule has 0 aliphatic rings. The van der Waals surface area contributed by atoms with E-state index in [1.807, 2.05) is 13.0 Å². The predicted molar refractivity (Wildman–Crippen MR) is 72.3 cm³/mol. The van der Waals surface area contributed by atoms with E-state index in [4.69, 9.17) is 9.84 Å². The Morgan fingerprint density at radius 1 is 1.48 bits per heavy atom. The van der Waals surface area contributed by atoms with Gasteiger partial charge in [-0.15, -0.1) is 0 Å². The number of carboxylic acids is 1. The number of nitro benzene ring substituents is 1. The highest BCUT2D eigenvalue weighted by atomic mass is 16.6. The molecule has 0 atom stereocenters. The largest absolute Gasteiger partial charge is 0.486 e. The summed E-state index contributed by atoms with van der Waals surface area (Å²) in [6.07, 6.45) is 0. The Kier molecular flexibility index (Phi) is 3.88. The molecule has 21 heavy (non-hydrogen) atoms. The molecule has 8 nitrogen and oxygen atoms in total. The number of non-ortho nitro benzene ring substituents is 1. The van der Waals surface area contributed by atoms with Crippen LogP contribution in [0.5, 0.6) is 5.75 Å². The molecule has 0 spiro atoms. The topological polar surface area (TPSA) is 107 Å². The van der Waals surface area contributed by atoms with Gasteiger partial charge >= 0.3 is 5.97 Å². The third-order valence-corrected chi connectivity index (χ3v) is 2.88. The Hall–Kier alpha value is -2.90. The number of ether oxygens (including phenoxy) is 1. The number of hydrogen-bond donors (Lipinski definition) is 1. The van der Waals surface area contributed by atoms with Crippen LogP contribution < -0.4 is 4.74 Å². The van der Waals surface area contributed by atoms with Crippen molar-refractivity contribution >= 4 is 11.7 Å². The van der Waals surface area contributed by atoms with Crippen LogP contribution in [0, 0.1) is 17.0 Å². The summed E-state index contributed by atoms with van der Waals surface area (Å²) in [5.74, 6) is -1.21. The fourth-order valence-electron chi connectivity index (χ4n) is 1.88. The van der Waals surface area contributed by atoms with Crippen LogP contribution in [-0.2, 0) is 13.7 Å². The normalized spacial score (nSPS) is 10.4. The zero-order valence-corrected chi connectivity index (χ0v) is 11.4. The lowest BCUT2D eigenvalue weighted by atomic mass is 10.2. The van der Waals surface area contributed by atoms with Gasteiger partial charge < -0.3 is 9.84 Å². The van der Waals surface area contributed by atoms with Crippen LogP contribution in [0.4, 0.5) is 5.69 Å². The molecule has 0 saturated carbocycles. The lowest BCUT2D eigenvalue weighted by Crippen LogP contribution is -2.07. The number of aromatic carboxylic acids is 1. The second-order valence-electron chi connectivity index (χ2n) is 4.43. The number of hydrogen-bond acceptors (Lipinski definition) is 5. The first-order valence-electron chi connectivity index (χ1n) is 6.02. The van der Waals surface area contributed by atoms with Gasteiger partial charge in [-0.1, -0.05) is 0 Å². The maximum atomic E-state index is 11.2. The molecule has 110 valence electrons. The van der Waals surface area contributed by atoms with Gasteiger partial charge in [0.1, 0.15) is 17.9 Å². The SMILES string of the molecule is Cc1cc(COc2ccc([N+](=O)[O-])cc2C(=O)O)n(C)n1. The summed E-state index contributed by atoms with van der Waals surface area (Å²) in [4.78, 5) is 21.2. The van der Waals surface area contributed by atoms with Gasteiger partial charge in [0.2, 0.25) is 0 Å². The molecule has 1 aromatic heterocycles. The van der Waals surface area contributed by atoms with Crippen LogP contribution in [0.3, 0.4) is 0 Å². The highest BCUT2D eigenvalue weighted by molar-refractivity contribution is 5.91. The number of aryl methyl sites for hydroxylation is 2. The molecule has 0 fully saturated rings. The number of benzene rings is 1. The zero-order valence-electron chi connectivity index (χ0n) is 11.4. The first-order chi connectivity index (χ1) is 9.88. The minimum Gasteiger partial charge on any atom is -0.486 e. The highest BCUT2D eigenvalue weighted by Gasteiger charge is 2.17. The average Bonchev–Trinajstić information content (AvgIpc) is 2.74. The number of nitrogens with zero attached hydrogens (tertiary/aromatic N) is 3. The van der Waals surface area contributed by atoms with Crippen LogP contribution in [0.25, 0.3) is 0 Å². The molecule has 1 aromatic carbocycles. The van der Waals surface area contributed by atoms with Crippen molar-refractivity contribution in [3.63, 3.8) is 0 Å². The molecule has 0 aliphatic heterocycles. The zero-order chi connectivity index (χ0) is 15.6. The van der Waals surface area contributed by atoms with Gasteiger partial charge in [-0.2, -0.15) is 5.10 Å². The van der Waals surface area contributed by atoms with E-state index in [0.717, 1.165) is 17.5 Å². The lowest BCUT2D eigenvalue weighted by Gasteiger charge is -2.09. The minimum absolute atomic E-state index is 0.0759. The van der Waals surface area contributed by atoms with E-state index < -0.39 is 10.9 Å². The van der Waals surface area contributed by atoms with Gasteiger partial charge in [0, 0.05) is 19.2 Å². The molecule has 2 rings (SSSR count). The fraction of sp³-hybridized carbons (Fsp3) is 0.231. The Labute approximate surface area is 119 Å². The maximum absolute atomic E-state index is 11.2. The van der Waals surface area contributed by atoms with Gasteiger partial charge in [-0.3, -0.25) is 14.8 Å². The summed E-state index contributed by atoms with van der Waals surface area (Å²) < 4.78 is 7.08. The van der Waals surface area contributed by atoms with E-state index >= 15 is 0 Å². The standard InChI is InChI=1S/C13H13N3O5/c1-8-5-10(15(2)14-8)7-21-12-4-3-9(16(19)20)6-11(12)13(17)18/h3-6H,7H2,1-2H3,(H,17,18). The van der Waals surface area contributed by atoms with Crippen LogP contribution in [0.15, 0.2) is 24.3 Å². The molecule has 8 heteroatoms. The summed E-state index contributed by atoms with van der Waals surface area (Å²) in [5.41, 5.74) is 1.04. The number of nitro groups is 1. The Morgan fingerprint density at radius 3 is 2.71 bits per heavy atom. The van der Waals surface area contributed by atoms with E-state index in [1.54, 1.807) is 11.7 Å². The number of rotatable bonds is 5. The highest BCUT2D eigenvalue weighted by Crippen LogP contribution is 2.25. The van der Waals surface area contributed by atoms with Crippen molar-refractivity contribution in [3.8, 4) is 5.75 Å². The molecule has 0 saturated heterocycles. The predicted octanol–water partition coefficient (Wildman–Crippen LogP) is 1.91. The first kappa shape index (κ1) is 14.5. The molecule has 1 heterocycles. The van der Waals surface area contributed by atoms with Gasteiger partial charge in [-0.25, -0.2) is 4.79 Å². The van der Waals surface area contributed by atoms with Crippen molar-refractivity contribution < 1.29 is 19.6 Å². The molecular weight excluding hydrogens is 278 g/mol. The van der Waals surface area contributed by atoms with E-state index in [1.165, 1.54) is 12.1 Å². The molecule has 0 bridgehead atoms. The van der Waals surface area contributed by atoms with Crippen molar-refractivity contribution in [2.24, 2.45) is 7.05 Å². The Morgan fingerprint density at radius 2 is 2.19 bits per heavy atom. The molecule has 0 aliphatic carbocycles. The number of carbonyl (C=O) groups is 1. The monoisotopic (exact) mass is 291 g/mol. The van der Waals surface area contributed by atoms with Crippen LogP contribution in [0.1, 0.15) is 21.7 Å². The van der Waals surface area contributed by atoms with Gasteiger partial charge in [-0.05, 0) is 19.1 Å². The van der Waals surface area contributed by atoms with Crippen molar-refractivity contribution in [1.29, 1.82) is 0 Å². The van der Waals surface area contributed by atoms with E-state index in [9.17, 15) is 14.9 Å². The molecular formula is C13H13N3O5. The molecule has 0 radical (unpaired) electrons. The Balaban J connectivity index is 2.25. The third-order valence-electron chi connectivity index (χ3n) is 2.88. The summed E-state index contributed by atoms with van der Waals surface area (Å²) in [5, 5.41) is 23.9. The van der Waals surface area contributed by atoms with E-state index in [2.05, 4.69) is 5.10 Å². The first-order valence-corrected chi connectivity index (χ1v) is 6.02.